The minimum Gasteiger partial charge on any atom is -0.369 e. The highest BCUT2D eigenvalue weighted by molar-refractivity contribution is 5.75. The van der Waals surface area contributed by atoms with Gasteiger partial charge < -0.3 is 11.1 Å². The van der Waals surface area contributed by atoms with E-state index in [1.54, 1.807) is 0 Å². The molecule has 0 spiro atoms. The molecule has 2 atom stereocenters. The lowest BCUT2D eigenvalue weighted by Gasteiger charge is -2.26. The largest absolute Gasteiger partial charge is 0.369 e. The number of carbonyl (C=O) groups excluding carboxylic acids is 1. The summed E-state index contributed by atoms with van der Waals surface area (Å²) in [7, 11) is 0. The summed E-state index contributed by atoms with van der Waals surface area (Å²) < 4.78 is 0. The summed E-state index contributed by atoms with van der Waals surface area (Å²) in [5.41, 5.74) is 5.03. The Morgan fingerprint density at radius 2 is 2.31 bits per heavy atom. The minimum atomic E-state index is -0.260. The van der Waals surface area contributed by atoms with Crippen molar-refractivity contribution in [2.24, 2.45) is 17.6 Å². The Kier molecular flexibility index (Phi) is 4.22. The van der Waals surface area contributed by atoms with Crippen LogP contribution in [0.4, 0.5) is 0 Å². The van der Waals surface area contributed by atoms with Gasteiger partial charge in [0, 0.05) is 0 Å². The van der Waals surface area contributed by atoms with Gasteiger partial charge in [-0.25, -0.2) is 0 Å². The number of amides is 1. The Balaban J connectivity index is 2.10. The van der Waals surface area contributed by atoms with E-state index in [-0.39, 0.29) is 5.91 Å². The zero-order valence-electron chi connectivity index (χ0n) is 8.38. The summed E-state index contributed by atoms with van der Waals surface area (Å²) in [6.07, 6.45) is 5.30. The molecule has 0 radical (unpaired) electrons. The third-order valence-corrected chi connectivity index (χ3v) is 2.78. The fourth-order valence-electron chi connectivity index (χ4n) is 2.14. The van der Waals surface area contributed by atoms with Gasteiger partial charge in [0.05, 0.1) is 6.54 Å². The average Bonchev–Trinajstić information content (AvgIpc) is 2.03. The minimum absolute atomic E-state index is 0.260. The molecule has 1 amide bonds. The lowest BCUT2D eigenvalue weighted by atomic mass is 9.82. The van der Waals surface area contributed by atoms with Crippen molar-refractivity contribution in [1.29, 1.82) is 0 Å². The van der Waals surface area contributed by atoms with Gasteiger partial charge in [0.1, 0.15) is 0 Å². The molecule has 0 bridgehead atoms. The second-order valence-electron chi connectivity index (χ2n) is 4.24. The Morgan fingerprint density at radius 3 is 2.92 bits per heavy atom. The zero-order chi connectivity index (χ0) is 9.68. The molecule has 0 aromatic carbocycles. The first-order valence-corrected chi connectivity index (χ1v) is 5.17. The van der Waals surface area contributed by atoms with Crippen LogP contribution >= 0.6 is 0 Å². The van der Waals surface area contributed by atoms with Crippen LogP contribution in [-0.2, 0) is 4.79 Å². The van der Waals surface area contributed by atoms with E-state index in [9.17, 15) is 4.79 Å². The molecule has 0 saturated heterocycles. The van der Waals surface area contributed by atoms with Crippen LogP contribution in [-0.4, -0.2) is 19.0 Å². The number of hydrogen-bond acceptors (Lipinski definition) is 2. The lowest BCUT2D eigenvalue weighted by Crippen LogP contribution is -2.33. The quantitative estimate of drug-likeness (QED) is 0.681. The number of rotatable bonds is 4. The number of nitrogens with one attached hydrogen (secondary N) is 1. The van der Waals surface area contributed by atoms with Gasteiger partial charge in [-0.2, -0.15) is 0 Å². The Morgan fingerprint density at radius 1 is 1.54 bits per heavy atom. The summed E-state index contributed by atoms with van der Waals surface area (Å²) in [5.74, 6) is 1.35. The molecule has 76 valence electrons. The van der Waals surface area contributed by atoms with Crippen molar-refractivity contribution >= 4 is 5.91 Å². The molecule has 0 aromatic heterocycles. The van der Waals surface area contributed by atoms with E-state index in [1.165, 1.54) is 25.7 Å². The topological polar surface area (TPSA) is 55.1 Å². The molecule has 0 aromatic rings. The van der Waals surface area contributed by atoms with E-state index >= 15 is 0 Å². The van der Waals surface area contributed by atoms with Gasteiger partial charge in [0.25, 0.3) is 0 Å². The summed E-state index contributed by atoms with van der Waals surface area (Å²) in [4.78, 5) is 10.5. The maximum absolute atomic E-state index is 10.5. The van der Waals surface area contributed by atoms with Crippen molar-refractivity contribution in [2.45, 2.75) is 32.6 Å². The van der Waals surface area contributed by atoms with Crippen molar-refractivity contribution in [3.8, 4) is 0 Å². The van der Waals surface area contributed by atoms with E-state index in [4.69, 9.17) is 5.73 Å². The van der Waals surface area contributed by atoms with Crippen molar-refractivity contribution in [3.05, 3.63) is 0 Å². The van der Waals surface area contributed by atoms with Crippen molar-refractivity contribution in [1.82, 2.24) is 5.32 Å². The van der Waals surface area contributed by atoms with Crippen LogP contribution in [0.15, 0.2) is 0 Å². The van der Waals surface area contributed by atoms with Crippen LogP contribution in [0, 0.1) is 11.8 Å². The molecule has 1 fully saturated rings. The molecular weight excluding hydrogens is 164 g/mol. The highest BCUT2D eigenvalue weighted by atomic mass is 16.1. The SMILES string of the molecule is CC1CCCC(CNCC(N)=O)C1. The van der Waals surface area contributed by atoms with Crippen molar-refractivity contribution in [3.63, 3.8) is 0 Å². The van der Waals surface area contributed by atoms with Crippen LogP contribution in [0.2, 0.25) is 0 Å². The monoisotopic (exact) mass is 184 g/mol. The Bertz CT molecular complexity index is 170. The first-order valence-electron chi connectivity index (χ1n) is 5.17. The molecule has 13 heavy (non-hydrogen) atoms. The van der Waals surface area contributed by atoms with Gasteiger partial charge in [-0.3, -0.25) is 4.79 Å². The molecule has 3 heteroatoms. The predicted molar refractivity (Wildman–Crippen MR) is 53.2 cm³/mol. The molecule has 3 nitrogen and oxygen atoms in total. The van der Waals surface area contributed by atoms with Crippen LogP contribution in [0.1, 0.15) is 32.6 Å². The second-order valence-corrected chi connectivity index (χ2v) is 4.24. The summed E-state index contributed by atoms with van der Waals surface area (Å²) in [6.45, 7) is 3.58. The molecule has 2 unspecified atom stereocenters. The number of carbonyl (C=O) groups is 1. The Labute approximate surface area is 80.1 Å². The van der Waals surface area contributed by atoms with Crippen LogP contribution in [0.25, 0.3) is 0 Å². The lowest BCUT2D eigenvalue weighted by molar-refractivity contribution is -0.117. The summed E-state index contributed by atoms with van der Waals surface area (Å²) >= 11 is 0. The van der Waals surface area contributed by atoms with Gasteiger partial charge in [0.2, 0.25) is 5.91 Å². The summed E-state index contributed by atoms with van der Waals surface area (Å²) in [6, 6.07) is 0. The predicted octanol–water partition coefficient (Wildman–Crippen LogP) is 0.888. The number of hydrogen-bond donors (Lipinski definition) is 2. The third-order valence-electron chi connectivity index (χ3n) is 2.78. The van der Waals surface area contributed by atoms with E-state index < -0.39 is 0 Å². The van der Waals surface area contributed by atoms with Crippen LogP contribution in [0.5, 0.6) is 0 Å². The number of nitrogens with two attached hydrogens (primary N) is 1. The zero-order valence-corrected chi connectivity index (χ0v) is 8.38. The maximum Gasteiger partial charge on any atom is 0.231 e. The smallest absolute Gasteiger partial charge is 0.231 e. The normalized spacial score (nSPS) is 28.7. The molecule has 1 aliphatic rings. The van der Waals surface area contributed by atoms with Crippen molar-refractivity contribution < 1.29 is 4.79 Å². The van der Waals surface area contributed by atoms with E-state index in [2.05, 4.69) is 12.2 Å². The maximum atomic E-state index is 10.5. The Hall–Kier alpha value is -0.570. The fourth-order valence-corrected chi connectivity index (χ4v) is 2.14. The molecule has 1 aliphatic carbocycles. The van der Waals surface area contributed by atoms with E-state index in [1.807, 2.05) is 0 Å². The summed E-state index contributed by atoms with van der Waals surface area (Å²) in [5, 5.41) is 3.10. The first kappa shape index (κ1) is 10.5. The molecular formula is C10H20N2O. The highest BCUT2D eigenvalue weighted by Gasteiger charge is 2.18. The van der Waals surface area contributed by atoms with E-state index in [0.29, 0.717) is 6.54 Å². The second kappa shape index (κ2) is 5.22. The molecule has 0 aliphatic heterocycles. The van der Waals surface area contributed by atoms with Crippen LogP contribution in [0.3, 0.4) is 0 Å². The standard InChI is InChI=1S/C10H20N2O/c1-8-3-2-4-9(5-8)6-12-7-10(11)13/h8-9,12H,2-7H2,1H3,(H2,11,13). The molecule has 1 saturated carbocycles. The molecule has 3 N–H and O–H groups in total. The van der Waals surface area contributed by atoms with Crippen molar-refractivity contribution in [2.75, 3.05) is 13.1 Å². The third kappa shape index (κ3) is 4.27. The fraction of sp³-hybridized carbons (Fsp3) is 0.900. The van der Waals surface area contributed by atoms with Gasteiger partial charge >= 0.3 is 0 Å². The van der Waals surface area contributed by atoms with Gasteiger partial charge in [-0.15, -0.1) is 0 Å². The number of primary amides is 1. The highest BCUT2D eigenvalue weighted by Crippen LogP contribution is 2.27. The van der Waals surface area contributed by atoms with E-state index in [0.717, 1.165) is 18.4 Å². The molecule has 1 rings (SSSR count). The first-order chi connectivity index (χ1) is 6.18. The average molecular weight is 184 g/mol. The van der Waals surface area contributed by atoms with Gasteiger partial charge in [-0.1, -0.05) is 19.8 Å². The molecule has 0 heterocycles. The van der Waals surface area contributed by atoms with Gasteiger partial charge in [-0.05, 0) is 31.2 Å². The van der Waals surface area contributed by atoms with Gasteiger partial charge in [0.15, 0.2) is 0 Å². The van der Waals surface area contributed by atoms with Crippen LogP contribution < -0.4 is 11.1 Å².